The van der Waals surface area contributed by atoms with Crippen molar-refractivity contribution < 1.29 is 28.4 Å². The van der Waals surface area contributed by atoms with E-state index >= 15 is 0 Å². The maximum atomic E-state index is 6.05. The highest BCUT2D eigenvalue weighted by Gasteiger charge is 2.65. The van der Waals surface area contributed by atoms with Gasteiger partial charge < -0.3 is 28.4 Å². The van der Waals surface area contributed by atoms with Crippen molar-refractivity contribution in [2.24, 2.45) is 0 Å². The Bertz CT molecular complexity index is 368. The zero-order valence-corrected chi connectivity index (χ0v) is 12.1. The molecule has 1 unspecified atom stereocenters. The third kappa shape index (κ3) is 2.11. The molecule has 4 atom stereocenters. The molecule has 0 bridgehead atoms. The average molecular weight is 274 g/mol. The molecular formula is C13H22O6. The first-order valence-corrected chi connectivity index (χ1v) is 6.64. The lowest BCUT2D eigenvalue weighted by atomic mass is 9.94. The summed E-state index contributed by atoms with van der Waals surface area (Å²) >= 11 is 0. The van der Waals surface area contributed by atoms with Gasteiger partial charge in [-0.2, -0.15) is 0 Å². The first-order chi connectivity index (χ1) is 8.78. The first-order valence-electron chi connectivity index (χ1n) is 6.64. The maximum absolute atomic E-state index is 6.05. The third-order valence-corrected chi connectivity index (χ3v) is 3.80. The minimum absolute atomic E-state index is 0.194. The molecule has 0 radical (unpaired) electrons. The van der Waals surface area contributed by atoms with Crippen LogP contribution in [0.25, 0.3) is 0 Å². The quantitative estimate of drug-likeness (QED) is 0.712. The average Bonchev–Trinajstić information content (AvgIpc) is 2.63. The van der Waals surface area contributed by atoms with Crippen LogP contribution in [-0.4, -0.2) is 56.0 Å². The van der Waals surface area contributed by atoms with Gasteiger partial charge in [-0.1, -0.05) is 0 Å². The molecule has 6 heteroatoms. The van der Waals surface area contributed by atoms with Gasteiger partial charge >= 0.3 is 0 Å². The van der Waals surface area contributed by atoms with Gasteiger partial charge in [0.1, 0.15) is 18.3 Å². The van der Waals surface area contributed by atoms with Crippen LogP contribution < -0.4 is 0 Å². The molecule has 110 valence electrons. The summed E-state index contributed by atoms with van der Waals surface area (Å²) in [6.45, 7) is 8.34. The Morgan fingerprint density at radius 1 is 1.00 bits per heavy atom. The standard InChI is InChI=1S/C13H22O6/c1-11(2)16-7-9-13(14-5,19-11)10-8(6-15-9)17-12(3,4)18-10/h8-10H,6-7H2,1-5H3/t8-,9-,10-,13?/m1/s1. The molecule has 0 aromatic heterocycles. The van der Waals surface area contributed by atoms with Crippen molar-refractivity contribution in [3.63, 3.8) is 0 Å². The number of hydrogen-bond acceptors (Lipinski definition) is 6. The number of rotatable bonds is 1. The van der Waals surface area contributed by atoms with Crippen molar-refractivity contribution in [2.45, 2.75) is 63.4 Å². The van der Waals surface area contributed by atoms with Crippen molar-refractivity contribution in [1.82, 2.24) is 0 Å². The molecule has 3 heterocycles. The van der Waals surface area contributed by atoms with Crippen molar-refractivity contribution in [1.29, 1.82) is 0 Å². The number of methoxy groups -OCH3 is 1. The van der Waals surface area contributed by atoms with Crippen molar-refractivity contribution in [3.05, 3.63) is 0 Å². The minimum atomic E-state index is -0.988. The van der Waals surface area contributed by atoms with Gasteiger partial charge in [0, 0.05) is 7.11 Å². The van der Waals surface area contributed by atoms with E-state index in [1.807, 2.05) is 27.7 Å². The van der Waals surface area contributed by atoms with Crippen molar-refractivity contribution in [3.8, 4) is 0 Å². The first kappa shape index (κ1) is 13.7. The molecular weight excluding hydrogens is 252 g/mol. The van der Waals surface area contributed by atoms with E-state index in [-0.39, 0.29) is 18.3 Å². The lowest BCUT2D eigenvalue weighted by Gasteiger charge is -2.53. The highest BCUT2D eigenvalue weighted by atomic mass is 16.8. The Morgan fingerprint density at radius 2 is 1.74 bits per heavy atom. The zero-order chi connectivity index (χ0) is 13.9. The molecule has 0 aliphatic carbocycles. The highest BCUT2D eigenvalue weighted by Crippen LogP contribution is 2.46. The molecule has 0 saturated carbocycles. The summed E-state index contributed by atoms with van der Waals surface area (Å²) in [6.07, 6.45) is -0.834. The SMILES string of the molecule is COC12OC(C)(C)OC[C@H]1OC[C@H]1OC(C)(C)O[C@H]12. The molecule has 3 saturated heterocycles. The van der Waals surface area contributed by atoms with Crippen LogP contribution in [0.15, 0.2) is 0 Å². The van der Waals surface area contributed by atoms with Gasteiger partial charge in [0.25, 0.3) is 0 Å². The second kappa shape index (κ2) is 4.13. The monoisotopic (exact) mass is 274 g/mol. The molecule has 0 aromatic carbocycles. The van der Waals surface area contributed by atoms with E-state index < -0.39 is 17.4 Å². The third-order valence-electron chi connectivity index (χ3n) is 3.80. The summed E-state index contributed by atoms with van der Waals surface area (Å²) in [5, 5.41) is 0. The van der Waals surface area contributed by atoms with Gasteiger partial charge in [-0.3, -0.25) is 0 Å². The van der Waals surface area contributed by atoms with E-state index in [2.05, 4.69) is 0 Å². The van der Waals surface area contributed by atoms with Gasteiger partial charge in [-0.25, -0.2) is 0 Å². The van der Waals surface area contributed by atoms with E-state index in [4.69, 9.17) is 28.4 Å². The van der Waals surface area contributed by atoms with Crippen molar-refractivity contribution in [2.75, 3.05) is 20.3 Å². The Hall–Kier alpha value is -0.240. The lowest BCUT2D eigenvalue weighted by molar-refractivity contribution is -0.448. The summed E-state index contributed by atoms with van der Waals surface area (Å²) in [4.78, 5) is 0. The van der Waals surface area contributed by atoms with Gasteiger partial charge in [0.15, 0.2) is 11.6 Å². The molecule has 0 amide bonds. The Labute approximate surface area is 113 Å². The topological polar surface area (TPSA) is 55.4 Å². The van der Waals surface area contributed by atoms with Gasteiger partial charge in [0.2, 0.25) is 5.79 Å². The van der Waals surface area contributed by atoms with Crippen LogP contribution in [0, 0.1) is 0 Å². The minimum Gasteiger partial charge on any atom is -0.367 e. The number of ether oxygens (including phenoxy) is 6. The Morgan fingerprint density at radius 3 is 2.42 bits per heavy atom. The fourth-order valence-corrected chi connectivity index (χ4v) is 3.08. The molecule has 0 N–H and O–H groups in total. The molecule has 0 spiro atoms. The highest BCUT2D eigenvalue weighted by molar-refractivity contribution is 5.03. The van der Waals surface area contributed by atoms with E-state index in [1.54, 1.807) is 7.11 Å². The predicted molar refractivity (Wildman–Crippen MR) is 64.4 cm³/mol. The fraction of sp³-hybridized carbons (Fsp3) is 1.00. The molecule has 19 heavy (non-hydrogen) atoms. The number of fused-ring (bicyclic) bond motifs is 3. The van der Waals surface area contributed by atoms with Gasteiger partial charge in [0.05, 0.1) is 13.2 Å². The van der Waals surface area contributed by atoms with Crippen LogP contribution in [0.1, 0.15) is 27.7 Å². The van der Waals surface area contributed by atoms with Crippen LogP contribution in [0.2, 0.25) is 0 Å². The molecule has 3 aliphatic rings. The molecule has 3 fully saturated rings. The normalized spacial score (nSPS) is 47.5. The molecule has 3 rings (SSSR count). The summed E-state index contributed by atoms with van der Waals surface area (Å²) in [6, 6.07) is 0. The maximum Gasteiger partial charge on any atom is 0.229 e. The van der Waals surface area contributed by atoms with E-state index in [9.17, 15) is 0 Å². The fourth-order valence-electron chi connectivity index (χ4n) is 3.08. The van der Waals surface area contributed by atoms with Crippen molar-refractivity contribution >= 4 is 0 Å². The van der Waals surface area contributed by atoms with Gasteiger partial charge in [-0.05, 0) is 27.7 Å². The summed E-state index contributed by atoms with van der Waals surface area (Å²) in [5.41, 5.74) is 0. The van der Waals surface area contributed by atoms with Gasteiger partial charge in [-0.15, -0.1) is 0 Å². The Kier molecular flexibility index (Phi) is 2.98. The van der Waals surface area contributed by atoms with Crippen LogP contribution in [0.4, 0.5) is 0 Å². The molecule has 3 aliphatic heterocycles. The van der Waals surface area contributed by atoms with E-state index in [0.717, 1.165) is 0 Å². The smallest absolute Gasteiger partial charge is 0.229 e. The number of hydrogen-bond donors (Lipinski definition) is 0. The van der Waals surface area contributed by atoms with Crippen LogP contribution in [0.3, 0.4) is 0 Å². The largest absolute Gasteiger partial charge is 0.367 e. The summed E-state index contributed by atoms with van der Waals surface area (Å²) in [7, 11) is 1.61. The van der Waals surface area contributed by atoms with E-state index in [1.165, 1.54) is 0 Å². The zero-order valence-electron chi connectivity index (χ0n) is 12.1. The van der Waals surface area contributed by atoms with Crippen LogP contribution in [0.5, 0.6) is 0 Å². The van der Waals surface area contributed by atoms with Crippen LogP contribution >= 0.6 is 0 Å². The summed E-state index contributed by atoms with van der Waals surface area (Å²) in [5.74, 6) is -2.39. The van der Waals surface area contributed by atoms with E-state index in [0.29, 0.717) is 13.2 Å². The molecule has 0 aromatic rings. The summed E-state index contributed by atoms with van der Waals surface area (Å²) < 4.78 is 35.0. The second-order valence-corrected chi connectivity index (χ2v) is 6.15. The Balaban J connectivity index is 1.94. The lowest BCUT2D eigenvalue weighted by Crippen LogP contribution is -2.70. The van der Waals surface area contributed by atoms with Crippen LogP contribution in [-0.2, 0) is 28.4 Å². The molecule has 6 nitrogen and oxygen atoms in total. The second-order valence-electron chi connectivity index (χ2n) is 6.15. The predicted octanol–water partition coefficient (Wildman–Crippen LogP) is 1.03.